The first-order valence-electron chi connectivity index (χ1n) is 12.3. The van der Waals surface area contributed by atoms with Crippen LogP contribution in [0.3, 0.4) is 0 Å². The summed E-state index contributed by atoms with van der Waals surface area (Å²) in [5.41, 5.74) is 5.74. The van der Waals surface area contributed by atoms with Crippen molar-refractivity contribution in [1.82, 2.24) is 4.57 Å². The van der Waals surface area contributed by atoms with E-state index < -0.39 is 8.24 Å². The Morgan fingerprint density at radius 1 is 1.12 bits per heavy atom. The largest absolute Gasteiger partial charge is 0.387 e. The summed E-state index contributed by atoms with van der Waals surface area (Å²) < 4.78 is 8.39. The third-order valence-electron chi connectivity index (χ3n) is 7.30. The smallest absolute Gasteiger partial charge is 0.169 e. The third-order valence-corrected chi connectivity index (χ3v) is 12.4. The molecule has 4 heteroatoms. The van der Waals surface area contributed by atoms with Gasteiger partial charge in [0.1, 0.15) is 0 Å². The number of hydrogen-bond donors (Lipinski definition) is 0. The van der Waals surface area contributed by atoms with Crippen LogP contribution in [0.15, 0.2) is 53.7 Å². The predicted octanol–water partition coefficient (Wildman–Crippen LogP) is 8.19. The molecule has 0 N–H and O–H groups in total. The summed E-state index contributed by atoms with van der Waals surface area (Å²) in [5, 5.41) is 0.937. The molecular weight excluding hydrogens is 430 g/mol. The highest BCUT2D eigenvalue weighted by Gasteiger charge is 2.60. The van der Waals surface area contributed by atoms with Gasteiger partial charge in [0, 0.05) is 13.2 Å². The van der Waals surface area contributed by atoms with Gasteiger partial charge in [-0.2, -0.15) is 0 Å². The van der Waals surface area contributed by atoms with E-state index in [2.05, 4.69) is 82.3 Å². The molecule has 3 rings (SSSR count). The van der Waals surface area contributed by atoms with Crippen molar-refractivity contribution in [3.8, 4) is 0 Å². The molecule has 0 bridgehead atoms. The van der Waals surface area contributed by atoms with Crippen molar-refractivity contribution < 1.29 is 4.74 Å². The van der Waals surface area contributed by atoms with Gasteiger partial charge in [0.2, 0.25) is 0 Å². The monoisotopic (exact) mass is 471 g/mol. The normalized spacial score (nSPS) is 22.0. The summed E-state index contributed by atoms with van der Waals surface area (Å²) in [7, 11) is -1.94. The van der Waals surface area contributed by atoms with Crippen LogP contribution in [-0.4, -0.2) is 31.6 Å². The fraction of sp³-hybridized carbons (Fsp3) is 0.571. The molecule has 1 unspecified atom stereocenters. The van der Waals surface area contributed by atoms with Gasteiger partial charge in [0.25, 0.3) is 0 Å². The van der Waals surface area contributed by atoms with Gasteiger partial charge in [-0.1, -0.05) is 74.0 Å². The first-order valence-corrected chi connectivity index (χ1v) is 15.6. The lowest BCUT2D eigenvalue weighted by atomic mass is 9.93. The Hall–Kier alpha value is -1.29. The SMILES string of the molecule is C=CCCN1C(Cl)=C(C)C2(C=C(CCCCCCOC(C)(C)C)c3ccccc32)[Si]1(C)C. The van der Waals surface area contributed by atoms with E-state index in [9.17, 15) is 0 Å². The highest BCUT2D eigenvalue weighted by molar-refractivity contribution is 6.81. The van der Waals surface area contributed by atoms with Crippen molar-refractivity contribution in [2.24, 2.45) is 0 Å². The maximum absolute atomic E-state index is 7.00. The molecule has 1 aliphatic carbocycles. The Morgan fingerprint density at radius 3 is 2.50 bits per heavy atom. The lowest BCUT2D eigenvalue weighted by molar-refractivity contribution is -0.00473. The molecule has 1 spiro atoms. The second-order valence-corrected chi connectivity index (χ2v) is 15.7. The van der Waals surface area contributed by atoms with Crippen LogP contribution in [0.25, 0.3) is 5.57 Å². The number of ether oxygens (including phenoxy) is 1. The van der Waals surface area contributed by atoms with E-state index in [1.165, 1.54) is 41.5 Å². The Labute approximate surface area is 202 Å². The molecule has 0 amide bonds. The number of unbranched alkanes of at least 4 members (excludes halogenated alkanes) is 3. The van der Waals surface area contributed by atoms with Gasteiger partial charge in [-0.15, -0.1) is 6.58 Å². The highest BCUT2D eigenvalue weighted by Crippen LogP contribution is 2.58. The minimum Gasteiger partial charge on any atom is -0.387 e. The average Bonchev–Trinajstić information content (AvgIpc) is 3.13. The lowest BCUT2D eigenvalue weighted by Crippen LogP contribution is -2.57. The molecule has 1 heterocycles. The van der Waals surface area contributed by atoms with E-state index in [1.54, 1.807) is 0 Å². The van der Waals surface area contributed by atoms with Gasteiger partial charge >= 0.3 is 0 Å². The minimum absolute atomic E-state index is 0.0300. The van der Waals surface area contributed by atoms with Crippen LogP contribution in [0, 0.1) is 0 Å². The summed E-state index contributed by atoms with van der Waals surface area (Å²) >= 11 is 7.00. The van der Waals surface area contributed by atoms with E-state index >= 15 is 0 Å². The van der Waals surface area contributed by atoms with Crippen molar-refractivity contribution in [1.29, 1.82) is 0 Å². The molecule has 0 fully saturated rings. The molecule has 1 aromatic carbocycles. The molecule has 2 aliphatic rings. The van der Waals surface area contributed by atoms with Crippen molar-refractivity contribution in [3.63, 3.8) is 0 Å². The predicted molar refractivity (Wildman–Crippen MR) is 142 cm³/mol. The molecular formula is C28H42ClNOSi. The van der Waals surface area contributed by atoms with Crippen LogP contribution in [0.5, 0.6) is 0 Å². The summed E-state index contributed by atoms with van der Waals surface area (Å²) in [6.45, 7) is 19.4. The number of allylic oxidation sites excluding steroid dienone is 3. The zero-order valence-electron chi connectivity index (χ0n) is 21.1. The lowest BCUT2D eigenvalue weighted by Gasteiger charge is -2.43. The topological polar surface area (TPSA) is 12.5 Å². The standard InChI is InChI=1S/C28H42ClNOSi/c1-8-9-19-30-26(29)22(2)28(32(30,6)7)21-23(24-17-13-14-18-25(24)28)16-12-10-11-15-20-31-27(3,4)5/h8,13-14,17-18,21H,1,9-12,15-16,19-20H2,2-7H3. The number of fused-ring (bicyclic) bond motifs is 2. The molecule has 1 aliphatic heterocycles. The first kappa shape index (κ1) is 25.3. The van der Waals surface area contributed by atoms with E-state index in [-0.39, 0.29) is 10.6 Å². The molecule has 0 radical (unpaired) electrons. The van der Waals surface area contributed by atoms with E-state index in [1.807, 2.05) is 6.08 Å². The Balaban J connectivity index is 1.76. The summed E-state index contributed by atoms with van der Waals surface area (Å²) in [5.74, 6) is 0. The summed E-state index contributed by atoms with van der Waals surface area (Å²) in [4.78, 5) is 0. The first-order chi connectivity index (χ1) is 15.1. The third kappa shape index (κ3) is 4.67. The van der Waals surface area contributed by atoms with Gasteiger partial charge < -0.3 is 9.30 Å². The molecule has 2 nitrogen and oxygen atoms in total. The van der Waals surface area contributed by atoms with Crippen molar-refractivity contribution in [2.75, 3.05) is 13.2 Å². The second-order valence-electron chi connectivity index (χ2n) is 10.9. The Morgan fingerprint density at radius 2 is 1.81 bits per heavy atom. The molecule has 1 aromatic rings. The van der Waals surface area contributed by atoms with Crippen molar-refractivity contribution in [3.05, 3.63) is 64.9 Å². The van der Waals surface area contributed by atoms with Crippen LogP contribution in [0.1, 0.15) is 77.3 Å². The summed E-state index contributed by atoms with van der Waals surface area (Å²) in [6.07, 6.45) is 11.6. The van der Waals surface area contributed by atoms with Crippen LogP contribution < -0.4 is 0 Å². The molecule has 0 saturated carbocycles. The van der Waals surface area contributed by atoms with Gasteiger partial charge in [0.05, 0.1) is 15.8 Å². The van der Waals surface area contributed by atoms with E-state index in [4.69, 9.17) is 16.3 Å². The van der Waals surface area contributed by atoms with E-state index in [0.717, 1.165) is 37.6 Å². The number of nitrogens with zero attached hydrogens (tertiary/aromatic N) is 1. The molecule has 0 saturated heterocycles. The zero-order chi connectivity index (χ0) is 23.6. The molecule has 176 valence electrons. The molecule has 0 aromatic heterocycles. The number of rotatable bonds is 10. The summed E-state index contributed by atoms with van der Waals surface area (Å²) in [6, 6.07) is 9.06. The zero-order valence-corrected chi connectivity index (χ0v) is 22.8. The van der Waals surface area contributed by atoms with Crippen LogP contribution in [0.2, 0.25) is 13.1 Å². The van der Waals surface area contributed by atoms with Crippen LogP contribution in [0.4, 0.5) is 0 Å². The maximum atomic E-state index is 7.00. The maximum Gasteiger partial charge on any atom is 0.169 e. The van der Waals surface area contributed by atoms with Crippen molar-refractivity contribution >= 4 is 25.4 Å². The van der Waals surface area contributed by atoms with Gasteiger partial charge in [-0.25, -0.2) is 0 Å². The van der Waals surface area contributed by atoms with Gasteiger partial charge in [-0.05, 0) is 75.7 Å². The quantitative estimate of drug-likeness (QED) is 0.147. The number of halogens is 1. The van der Waals surface area contributed by atoms with Gasteiger partial charge in [-0.3, -0.25) is 0 Å². The minimum atomic E-state index is -1.94. The fourth-order valence-corrected chi connectivity index (χ4v) is 10.7. The van der Waals surface area contributed by atoms with Crippen LogP contribution >= 0.6 is 11.6 Å². The number of hydrogen-bond acceptors (Lipinski definition) is 2. The Bertz CT molecular complexity index is 895. The van der Waals surface area contributed by atoms with E-state index in [0.29, 0.717) is 0 Å². The highest BCUT2D eigenvalue weighted by atomic mass is 35.5. The molecule has 32 heavy (non-hydrogen) atoms. The second kappa shape index (κ2) is 9.91. The molecule has 1 atom stereocenters. The average molecular weight is 472 g/mol. The van der Waals surface area contributed by atoms with Crippen LogP contribution in [-0.2, 0) is 9.78 Å². The fourth-order valence-electron chi connectivity index (χ4n) is 5.58. The van der Waals surface area contributed by atoms with Crippen molar-refractivity contribution in [2.45, 2.75) is 90.0 Å². The number of benzene rings is 1. The Kier molecular flexibility index (Phi) is 7.84. The van der Waals surface area contributed by atoms with Gasteiger partial charge in [0.15, 0.2) is 8.24 Å².